The van der Waals surface area contributed by atoms with Crippen LogP contribution in [0.4, 0.5) is 4.39 Å². The zero-order chi connectivity index (χ0) is 5.70. The third kappa shape index (κ3) is 5.89. The van der Waals surface area contributed by atoms with Gasteiger partial charge in [0.15, 0.2) is 6.36 Å². The number of alkyl halides is 1. The summed E-state index contributed by atoms with van der Waals surface area (Å²) in [5.41, 5.74) is 0. The molecule has 1 nitrogen and oxygen atoms in total. The monoisotopic (exact) mass is 106 g/mol. The van der Waals surface area contributed by atoms with Crippen molar-refractivity contribution in [2.24, 2.45) is 0 Å². The lowest BCUT2D eigenvalue weighted by atomic mass is 10.5. The second kappa shape index (κ2) is 4.06. The van der Waals surface area contributed by atoms with Crippen LogP contribution in [-0.4, -0.2) is 13.0 Å². The minimum absolute atomic E-state index is 0.525. The van der Waals surface area contributed by atoms with Crippen molar-refractivity contribution >= 4 is 0 Å². The van der Waals surface area contributed by atoms with Crippen molar-refractivity contribution < 1.29 is 9.13 Å². The van der Waals surface area contributed by atoms with Crippen LogP contribution in [0.25, 0.3) is 0 Å². The molecule has 0 aliphatic rings. The van der Waals surface area contributed by atoms with Gasteiger partial charge in [-0.3, -0.25) is 0 Å². The molecule has 0 fully saturated rings. The maximum Gasteiger partial charge on any atom is 0.195 e. The molecule has 2 heteroatoms. The average Bonchev–Trinajstić information content (AvgIpc) is 1.61. The molecule has 0 heterocycles. The Morgan fingerprint density at radius 3 is 2.43 bits per heavy atom. The Morgan fingerprint density at radius 2 is 2.29 bits per heavy atom. The van der Waals surface area contributed by atoms with Crippen LogP contribution >= 0.6 is 0 Å². The highest BCUT2D eigenvalue weighted by Gasteiger charge is 1.91. The van der Waals surface area contributed by atoms with Gasteiger partial charge in [-0.05, 0) is 13.3 Å². The summed E-state index contributed by atoms with van der Waals surface area (Å²) in [6, 6.07) is 0. The van der Waals surface area contributed by atoms with Crippen molar-refractivity contribution in [2.45, 2.75) is 26.6 Å². The summed E-state index contributed by atoms with van der Waals surface area (Å²) in [6.45, 7) is 3.86. The molecule has 0 saturated carbocycles. The molecule has 0 radical (unpaired) electrons. The van der Waals surface area contributed by atoms with Gasteiger partial charge in [-0.1, -0.05) is 6.92 Å². The number of ether oxygens (including phenoxy) is 1. The van der Waals surface area contributed by atoms with E-state index in [1.807, 2.05) is 6.92 Å². The van der Waals surface area contributed by atoms with Gasteiger partial charge < -0.3 is 4.74 Å². The molecule has 0 saturated heterocycles. The van der Waals surface area contributed by atoms with Crippen LogP contribution in [0.1, 0.15) is 20.3 Å². The molecule has 1 atom stereocenters. The first-order valence-electron chi connectivity index (χ1n) is 2.53. The van der Waals surface area contributed by atoms with Crippen molar-refractivity contribution in [1.29, 1.82) is 0 Å². The van der Waals surface area contributed by atoms with E-state index in [-0.39, 0.29) is 0 Å². The van der Waals surface area contributed by atoms with Crippen LogP contribution in [0.2, 0.25) is 0 Å². The Labute approximate surface area is 43.5 Å². The predicted octanol–water partition coefficient (Wildman–Crippen LogP) is 1.73. The molecular formula is C5H11FO. The molecule has 0 aromatic carbocycles. The Balaban J connectivity index is 2.68. The fraction of sp³-hybridized carbons (Fsp3) is 1.00. The van der Waals surface area contributed by atoms with Crippen LogP contribution in [0.3, 0.4) is 0 Å². The molecular weight excluding hydrogens is 95.1 g/mol. The number of rotatable bonds is 3. The van der Waals surface area contributed by atoms with Gasteiger partial charge >= 0.3 is 0 Å². The van der Waals surface area contributed by atoms with Gasteiger partial charge in [0.05, 0.1) is 0 Å². The summed E-state index contributed by atoms with van der Waals surface area (Å²) >= 11 is 0. The summed E-state index contributed by atoms with van der Waals surface area (Å²) in [5, 5.41) is 0. The highest BCUT2D eigenvalue weighted by atomic mass is 19.1. The van der Waals surface area contributed by atoms with Gasteiger partial charge in [-0.2, -0.15) is 0 Å². The van der Waals surface area contributed by atoms with Gasteiger partial charge in [0, 0.05) is 6.61 Å². The van der Waals surface area contributed by atoms with Gasteiger partial charge in [-0.25, -0.2) is 4.39 Å². The van der Waals surface area contributed by atoms with E-state index in [2.05, 4.69) is 4.74 Å². The molecule has 0 spiro atoms. The fourth-order valence-corrected chi connectivity index (χ4v) is 0.280. The first-order valence-corrected chi connectivity index (χ1v) is 2.53. The molecule has 1 unspecified atom stereocenters. The molecule has 44 valence electrons. The first kappa shape index (κ1) is 6.89. The first-order chi connectivity index (χ1) is 3.27. The molecule has 0 aliphatic carbocycles. The average molecular weight is 106 g/mol. The molecule has 7 heavy (non-hydrogen) atoms. The minimum Gasteiger partial charge on any atom is -0.348 e. The van der Waals surface area contributed by atoms with E-state index in [0.717, 1.165) is 6.42 Å². The van der Waals surface area contributed by atoms with Crippen LogP contribution < -0.4 is 0 Å². The lowest BCUT2D eigenvalue weighted by Gasteiger charge is -1.99. The van der Waals surface area contributed by atoms with E-state index in [9.17, 15) is 4.39 Å². The summed E-state index contributed by atoms with van der Waals surface area (Å²) in [7, 11) is 0. The highest BCUT2D eigenvalue weighted by molar-refractivity contribution is 4.25. The summed E-state index contributed by atoms with van der Waals surface area (Å²) in [5.74, 6) is 0. The minimum atomic E-state index is -1.10. The molecule has 0 N–H and O–H groups in total. The third-order valence-electron chi connectivity index (χ3n) is 0.552. The van der Waals surface area contributed by atoms with Crippen molar-refractivity contribution in [3.05, 3.63) is 0 Å². The standard InChI is InChI=1S/C5H11FO/c1-3-4-7-5(2)6/h5H,3-4H2,1-2H3. The second-order valence-electron chi connectivity index (χ2n) is 1.41. The van der Waals surface area contributed by atoms with E-state index >= 15 is 0 Å². The van der Waals surface area contributed by atoms with Gasteiger partial charge in [0.2, 0.25) is 0 Å². The van der Waals surface area contributed by atoms with Crippen molar-refractivity contribution in [1.82, 2.24) is 0 Å². The van der Waals surface area contributed by atoms with E-state index < -0.39 is 6.36 Å². The van der Waals surface area contributed by atoms with E-state index in [4.69, 9.17) is 0 Å². The topological polar surface area (TPSA) is 9.23 Å². The molecule has 0 aromatic rings. The summed E-state index contributed by atoms with van der Waals surface area (Å²) < 4.78 is 16.2. The van der Waals surface area contributed by atoms with Crippen molar-refractivity contribution in [2.75, 3.05) is 6.61 Å². The van der Waals surface area contributed by atoms with Gasteiger partial charge in [0.1, 0.15) is 0 Å². The highest BCUT2D eigenvalue weighted by Crippen LogP contribution is 1.90. The lowest BCUT2D eigenvalue weighted by Crippen LogP contribution is -2.00. The van der Waals surface area contributed by atoms with Crippen LogP contribution in [0, 0.1) is 0 Å². The zero-order valence-corrected chi connectivity index (χ0v) is 4.78. The van der Waals surface area contributed by atoms with E-state index in [1.54, 1.807) is 0 Å². The Bertz CT molecular complexity index is 37.1. The van der Waals surface area contributed by atoms with Gasteiger partial charge in [-0.15, -0.1) is 0 Å². The Hall–Kier alpha value is -0.110. The Kier molecular flexibility index (Phi) is 4.00. The molecule has 0 rings (SSSR count). The molecule has 0 bridgehead atoms. The number of halogens is 1. The number of hydrogen-bond acceptors (Lipinski definition) is 1. The van der Waals surface area contributed by atoms with E-state index in [0.29, 0.717) is 6.61 Å². The Morgan fingerprint density at radius 1 is 1.71 bits per heavy atom. The smallest absolute Gasteiger partial charge is 0.195 e. The van der Waals surface area contributed by atoms with Crippen molar-refractivity contribution in [3.8, 4) is 0 Å². The lowest BCUT2D eigenvalue weighted by molar-refractivity contribution is -0.0238. The fourth-order valence-electron chi connectivity index (χ4n) is 0.280. The maximum absolute atomic E-state index is 11.7. The zero-order valence-electron chi connectivity index (χ0n) is 4.78. The molecule has 0 amide bonds. The predicted molar refractivity (Wildman–Crippen MR) is 26.8 cm³/mol. The largest absolute Gasteiger partial charge is 0.348 e. The quantitative estimate of drug-likeness (QED) is 0.532. The summed E-state index contributed by atoms with van der Waals surface area (Å²) in [4.78, 5) is 0. The van der Waals surface area contributed by atoms with Crippen LogP contribution in [-0.2, 0) is 4.74 Å². The van der Waals surface area contributed by atoms with Crippen LogP contribution in [0.15, 0.2) is 0 Å². The molecule has 0 aliphatic heterocycles. The SMILES string of the molecule is CCCOC(C)F. The number of hydrogen-bond donors (Lipinski definition) is 0. The third-order valence-corrected chi connectivity index (χ3v) is 0.552. The second-order valence-corrected chi connectivity index (χ2v) is 1.41. The summed E-state index contributed by atoms with van der Waals surface area (Å²) in [6.07, 6.45) is -0.214. The molecule has 0 aromatic heterocycles. The van der Waals surface area contributed by atoms with E-state index in [1.165, 1.54) is 6.92 Å². The maximum atomic E-state index is 11.7. The normalized spacial score (nSPS) is 14.1. The van der Waals surface area contributed by atoms with Crippen LogP contribution in [0.5, 0.6) is 0 Å². The van der Waals surface area contributed by atoms with Gasteiger partial charge in [0.25, 0.3) is 0 Å². The van der Waals surface area contributed by atoms with Crippen molar-refractivity contribution in [3.63, 3.8) is 0 Å².